The number of fused-ring (bicyclic) bond motifs is 1. The van der Waals surface area contributed by atoms with Gasteiger partial charge in [-0.1, -0.05) is 12.1 Å². The van der Waals surface area contributed by atoms with E-state index in [1.54, 1.807) is 6.07 Å². The van der Waals surface area contributed by atoms with Crippen LogP contribution in [0.15, 0.2) is 48.8 Å². The van der Waals surface area contributed by atoms with Crippen molar-refractivity contribution in [2.24, 2.45) is 0 Å². The summed E-state index contributed by atoms with van der Waals surface area (Å²) < 4.78 is 14.9. The van der Waals surface area contributed by atoms with E-state index < -0.39 is 6.10 Å². The monoisotopic (exact) mass is 270 g/mol. The lowest BCUT2D eigenvalue weighted by Crippen LogP contribution is -2.03. The number of hydrogen-bond acceptors (Lipinski definition) is 2. The molecular weight excluding hydrogens is 255 g/mol. The fraction of sp³-hybridized carbons (Fsp3) is 0.188. The Balaban J connectivity index is 1.86. The van der Waals surface area contributed by atoms with Crippen molar-refractivity contribution in [2.75, 3.05) is 0 Å². The molecule has 1 N–H and O–H groups in total. The van der Waals surface area contributed by atoms with Gasteiger partial charge in [0.05, 0.1) is 5.69 Å². The molecule has 0 amide bonds. The van der Waals surface area contributed by atoms with E-state index in [9.17, 15) is 9.50 Å². The summed E-state index contributed by atoms with van der Waals surface area (Å²) in [6, 6.07) is 10.3. The van der Waals surface area contributed by atoms with Gasteiger partial charge in [0.25, 0.3) is 0 Å². The van der Waals surface area contributed by atoms with Gasteiger partial charge in [-0.15, -0.1) is 0 Å². The highest BCUT2D eigenvalue weighted by Crippen LogP contribution is 2.20. The average molecular weight is 270 g/mol. The van der Waals surface area contributed by atoms with Crippen molar-refractivity contribution < 1.29 is 9.50 Å². The molecule has 1 unspecified atom stereocenters. The first-order valence-electron chi connectivity index (χ1n) is 6.50. The molecule has 4 heteroatoms. The predicted molar refractivity (Wildman–Crippen MR) is 75.0 cm³/mol. The normalized spacial score (nSPS) is 12.8. The van der Waals surface area contributed by atoms with Crippen LogP contribution >= 0.6 is 0 Å². The first-order valence-corrected chi connectivity index (χ1v) is 6.50. The molecule has 2 aromatic heterocycles. The van der Waals surface area contributed by atoms with E-state index >= 15 is 0 Å². The average Bonchev–Trinajstić information content (AvgIpc) is 2.86. The van der Waals surface area contributed by atoms with E-state index in [0.717, 1.165) is 16.8 Å². The molecule has 1 aromatic carbocycles. The van der Waals surface area contributed by atoms with E-state index in [0.29, 0.717) is 12.1 Å². The largest absolute Gasteiger partial charge is 0.386 e. The minimum absolute atomic E-state index is 0.256. The van der Waals surface area contributed by atoms with Crippen LogP contribution in [0.25, 0.3) is 5.65 Å². The van der Waals surface area contributed by atoms with Gasteiger partial charge in [0.1, 0.15) is 17.6 Å². The summed E-state index contributed by atoms with van der Waals surface area (Å²) in [7, 11) is 0. The molecule has 3 aromatic rings. The van der Waals surface area contributed by atoms with Gasteiger partial charge in [0, 0.05) is 18.8 Å². The van der Waals surface area contributed by atoms with Crippen molar-refractivity contribution in [1.82, 2.24) is 9.38 Å². The van der Waals surface area contributed by atoms with Crippen LogP contribution in [0.5, 0.6) is 0 Å². The van der Waals surface area contributed by atoms with Crippen molar-refractivity contribution in [2.45, 2.75) is 19.4 Å². The molecule has 0 spiro atoms. The number of aryl methyl sites for hydroxylation is 1. The summed E-state index contributed by atoms with van der Waals surface area (Å²) in [5.41, 5.74) is 3.20. The smallest absolute Gasteiger partial charge is 0.137 e. The zero-order valence-corrected chi connectivity index (χ0v) is 11.1. The van der Waals surface area contributed by atoms with Crippen LogP contribution in [0.2, 0.25) is 0 Å². The Morgan fingerprint density at radius 2 is 2.15 bits per heavy atom. The van der Waals surface area contributed by atoms with Crippen LogP contribution in [-0.4, -0.2) is 14.5 Å². The lowest BCUT2D eigenvalue weighted by molar-refractivity contribution is 0.174. The number of aliphatic hydroxyl groups is 1. The number of aliphatic hydroxyl groups excluding tert-OH is 1. The standard InChI is InChI=1S/C16H15FN2O/c1-11-8-13(17)6-5-12(11)9-15(20)14-10-19-7-3-2-4-16(19)18-14/h2-8,10,15,20H,9H2,1H3. The highest BCUT2D eigenvalue weighted by atomic mass is 19.1. The SMILES string of the molecule is Cc1cc(F)ccc1CC(O)c1cn2ccccc2n1. The van der Waals surface area contributed by atoms with E-state index in [4.69, 9.17) is 0 Å². The van der Waals surface area contributed by atoms with Crippen LogP contribution in [-0.2, 0) is 6.42 Å². The third kappa shape index (κ3) is 2.42. The zero-order chi connectivity index (χ0) is 14.1. The van der Waals surface area contributed by atoms with Gasteiger partial charge in [0.15, 0.2) is 0 Å². The predicted octanol–water partition coefficient (Wildman–Crippen LogP) is 3.06. The molecule has 1 atom stereocenters. The maximum Gasteiger partial charge on any atom is 0.137 e. The number of benzene rings is 1. The Labute approximate surface area is 116 Å². The molecule has 0 aliphatic heterocycles. The van der Waals surface area contributed by atoms with E-state index in [2.05, 4.69) is 4.98 Å². The van der Waals surface area contributed by atoms with Gasteiger partial charge >= 0.3 is 0 Å². The highest BCUT2D eigenvalue weighted by Gasteiger charge is 2.14. The van der Waals surface area contributed by atoms with Crippen LogP contribution < -0.4 is 0 Å². The molecule has 0 fully saturated rings. The molecule has 0 saturated heterocycles. The van der Waals surface area contributed by atoms with E-state index in [1.165, 1.54) is 12.1 Å². The highest BCUT2D eigenvalue weighted by molar-refractivity contribution is 5.40. The lowest BCUT2D eigenvalue weighted by atomic mass is 10.0. The van der Waals surface area contributed by atoms with Crippen molar-refractivity contribution in [3.8, 4) is 0 Å². The summed E-state index contributed by atoms with van der Waals surface area (Å²) >= 11 is 0. The number of imidazole rings is 1. The Kier molecular flexibility index (Phi) is 3.24. The van der Waals surface area contributed by atoms with Crippen molar-refractivity contribution in [1.29, 1.82) is 0 Å². The second-order valence-corrected chi connectivity index (χ2v) is 4.92. The van der Waals surface area contributed by atoms with Gasteiger partial charge < -0.3 is 9.51 Å². The summed E-state index contributed by atoms with van der Waals surface area (Å²) in [5.74, 6) is -0.256. The second kappa shape index (κ2) is 5.06. The molecule has 0 aliphatic carbocycles. The Hall–Kier alpha value is -2.20. The quantitative estimate of drug-likeness (QED) is 0.794. The Morgan fingerprint density at radius 1 is 1.30 bits per heavy atom. The molecule has 102 valence electrons. The van der Waals surface area contributed by atoms with Gasteiger partial charge in [-0.2, -0.15) is 0 Å². The number of aromatic nitrogens is 2. The van der Waals surface area contributed by atoms with Crippen LogP contribution in [0, 0.1) is 12.7 Å². The second-order valence-electron chi connectivity index (χ2n) is 4.92. The van der Waals surface area contributed by atoms with Crippen LogP contribution in [0.4, 0.5) is 4.39 Å². The molecular formula is C16H15FN2O. The summed E-state index contributed by atoms with van der Waals surface area (Å²) in [6.07, 6.45) is 3.44. The Bertz CT molecular complexity index is 718. The molecule has 0 aliphatic rings. The minimum Gasteiger partial charge on any atom is -0.386 e. The number of hydrogen-bond donors (Lipinski definition) is 1. The van der Waals surface area contributed by atoms with Gasteiger partial charge in [-0.3, -0.25) is 0 Å². The van der Waals surface area contributed by atoms with E-state index in [-0.39, 0.29) is 5.82 Å². The topological polar surface area (TPSA) is 37.5 Å². The van der Waals surface area contributed by atoms with E-state index in [1.807, 2.05) is 41.9 Å². The summed E-state index contributed by atoms with van der Waals surface area (Å²) in [6.45, 7) is 1.84. The maximum atomic E-state index is 13.1. The summed E-state index contributed by atoms with van der Waals surface area (Å²) in [5, 5.41) is 10.3. The number of halogens is 1. The molecule has 0 radical (unpaired) electrons. The van der Waals surface area contributed by atoms with Crippen molar-refractivity contribution >= 4 is 5.65 Å². The third-order valence-electron chi connectivity index (χ3n) is 3.44. The molecule has 3 rings (SSSR count). The lowest BCUT2D eigenvalue weighted by Gasteiger charge is -2.10. The van der Waals surface area contributed by atoms with Gasteiger partial charge in [-0.05, 0) is 42.3 Å². The van der Waals surface area contributed by atoms with Crippen LogP contribution in [0.1, 0.15) is 22.9 Å². The molecule has 3 nitrogen and oxygen atoms in total. The summed E-state index contributed by atoms with van der Waals surface area (Å²) in [4.78, 5) is 4.39. The number of rotatable bonds is 3. The Morgan fingerprint density at radius 3 is 2.90 bits per heavy atom. The first-order chi connectivity index (χ1) is 9.63. The minimum atomic E-state index is -0.695. The van der Waals surface area contributed by atoms with Crippen molar-refractivity contribution in [3.63, 3.8) is 0 Å². The van der Waals surface area contributed by atoms with Gasteiger partial charge in [-0.25, -0.2) is 9.37 Å². The number of nitrogens with zero attached hydrogens (tertiary/aromatic N) is 2. The molecule has 0 saturated carbocycles. The molecule has 20 heavy (non-hydrogen) atoms. The van der Waals surface area contributed by atoms with Crippen molar-refractivity contribution in [3.05, 3.63) is 71.4 Å². The molecule has 2 heterocycles. The first kappa shape index (κ1) is 12.8. The zero-order valence-electron chi connectivity index (χ0n) is 11.1. The third-order valence-corrected chi connectivity index (χ3v) is 3.44. The fourth-order valence-corrected chi connectivity index (χ4v) is 2.32. The molecule has 0 bridgehead atoms. The van der Waals surface area contributed by atoms with Crippen LogP contribution in [0.3, 0.4) is 0 Å². The maximum absolute atomic E-state index is 13.1. The fourth-order valence-electron chi connectivity index (χ4n) is 2.32. The van der Waals surface area contributed by atoms with Gasteiger partial charge in [0.2, 0.25) is 0 Å². The number of pyridine rings is 1.